The number of carbonyl (C=O) groups excluding carboxylic acids is 2. The maximum atomic E-state index is 12.6. The summed E-state index contributed by atoms with van der Waals surface area (Å²) in [4.78, 5) is 24.1. The van der Waals surface area contributed by atoms with Crippen molar-refractivity contribution in [2.24, 2.45) is 0 Å². The third-order valence-corrected chi connectivity index (χ3v) is 4.14. The minimum Gasteiger partial charge on any atom is -0.493 e. The van der Waals surface area contributed by atoms with Crippen molar-refractivity contribution in [2.45, 2.75) is 20.8 Å². The van der Waals surface area contributed by atoms with Crippen molar-refractivity contribution in [1.82, 2.24) is 0 Å². The first-order chi connectivity index (χ1) is 14.4. The van der Waals surface area contributed by atoms with E-state index in [2.05, 4.69) is 5.32 Å². The van der Waals surface area contributed by atoms with Gasteiger partial charge >= 0.3 is 5.97 Å². The summed E-state index contributed by atoms with van der Waals surface area (Å²) in [6.07, 6.45) is 1.44. The van der Waals surface area contributed by atoms with Gasteiger partial charge in [-0.15, -0.1) is 0 Å². The van der Waals surface area contributed by atoms with E-state index in [1.165, 1.54) is 13.2 Å². The van der Waals surface area contributed by atoms with E-state index in [0.717, 1.165) is 11.1 Å². The van der Waals surface area contributed by atoms with Gasteiger partial charge in [0, 0.05) is 5.69 Å². The molecule has 0 saturated heterocycles. The minimum absolute atomic E-state index is 0.0727. The number of methoxy groups -OCH3 is 1. The zero-order valence-corrected chi connectivity index (χ0v) is 17.4. The first-order valence-electron chi connectivity index (χ1n) is 9.34. The molecule has 7 nitrogen and oxygen atoms in total. The predicted octanol–water partition coefficient (Wildman–Crippen LogP) is 3.80. The zero-order chi connectivity index (χ0) is 22.1. The number of esters is 1. The highest BCUT2D eigenvalue weighted by atomic mass is 16.6. The van der Waals surface area contributed by atoms with Gasteiger partial charge in [-0.1, -0.05) is 23.8 Å². The van der Waals surface area contributed by atoms with Crippen molar-refractivity contribution in [1.29, 1.82) is 5.26 Å². The molecule has 0 aliphatic heterocycles. The number of rotatable bonds is 8. The van der Waals surface area contributed by atoms with Gasteiger partial charge in [-0.2, -0.15) is 5.26 Å². The maximum absolute atomic E-state index is 12.6. The van der Waals surface area contributed by atoms with Gasteiger partial charge in [0.2, 0.25) is 0 Å². The Bertz CT molecular complexity index is 1010. The topological polar surface area (TPSA) is 97.7 Å². The summed E-state index contributed by atoms with van der Waals surface area (Å²) in [5, 5.41) is 12.2. The van der Waals surface area contributed by atoms with Crippen LogP contribution in [0.1, 0.15) is 23.6 Å². The van der Waals surface area contributed by atoms with Crippen LogP contribution in [-0.4, -0.2) is 32.2 Å². The van der Waals surface area contributed by atoms with Crippen LogP contribution in [0.5, 0.6) is 11.5 Å². The molecule has 0 aliphatic rings. The lowest BCUT2D eigenvalue weighted by Crippen LogP contribution is -2.15. The fraction of sp³-hybridized carbons (Fsp3) is 0.261. The van der Waals surface area contributed by atoms with Crippen molar-refractivity contribution in [2.75, 3.05) is 25.6 Å². The average Bonchev–Trinajstić information content (AvgIpc) is 2.72. The van der Waals surface area contributed by atoms with Gasteiger partial charge in [0.05, 0.1) is 13.7 Å². The van der Waals surface area contributed by atoms with Crippen LogP contribution in [0.3, 0.4) is 0 Å². The number of hydrogen-bond acceptors (Lipinski definition) is 6. The molecule has 0 bridgehead atoms. The summed E-state index contributed by atoms with van der Waals surface area (Å²) in [5.74, 6) is -0.318. The molecule has 7 heteroatoms. The number of benzene rings is 2. The van der Waals surface area contributed by atoms with Crippen LogP contribution in [-0.2, 0) is 14.3 Å². The maximum Gasteiger partial charge on any atom is 0.344 e. The lowest BCUT2D eigenvalue weighted by molar-refractivity contribution is -0.145. The number of amides is 1. The number of nitrogens with one attached hydrogen (secondary N) is 1. The Morgan fingerprint density at radius 3 is 2.53 bits per heavy atom. The first kappa shape index (κ1) is 22.5. The molecule has 2 aromatic carbocycles. The number of aryl methyl sites for hydroxylation is 2. The number of nitrogens with zero attached hydrogens (tertiary/aromatic N) is 1. The number of carbonyl (C=O) groups is 2. The van der Waals surface area contributed by atoms with E-state index in [1.54, 1.807) is 31.2 Å². The molecule has 1 amide bonds. The monoisotopic (exact) mass is 408 g/mol. The van der Waals surface area contributed by atoms with Crippen molar-refractivity contribution in [3.63, 3.8) is 0 Å². The first-order valence-corrected chi connectivity index (χ1v) is 9.34. The molecule has 30 heavy (non-hydrogen) atoms. The second kappa shape index (κ2) is 10.7. The standard InChI is InChI=1S/C23H24N2O5/c1-5-29-22(26)14-30-21-12-17(7-9-20(21)28-4)11-18(13-24)23(27)25-19-8-6-15(2)10-16(19)3/h6-12H,5,14H2,1-4H3,(H,25,27)/b18-11-. The van der Waals surface area contributed by atoms with E-state index in [9.17, 15) is 14.9 Å². The summed E-state index contributed by atoms with van der Waals surface area (Å²) < 4.78 is 15.5. The van der Waals surface area contributed by atoms with E-state index < -0.39 is 11.9 Å². The summed E-state index contributed by atoms with van der Waals surface area (Å²) in [6.45, 7) is 5.52. The Labute approximate surface area is 175 Å². The van der Waals surface area contributed by atoms with Gasteiger partial charge in [0.15, 0.2) is 18.1 Å². The van der Waals surface area contributed by atoms with Crippen LogP contribution in [0.25, 0.3) is 6.08 Å². The summed E-state index contributed by atoms with van der Waals surface area (Å²) in [5.41, 5.74) is 3.09. The van der Waals surface area contributed by atoms with Crippen LogP contribution < -0.4 is 14.8 Å². The van der Waals surface area contributed by atoms with Crippen molar-refractivity contribution in [3.8, 4) is 17.6 Å². The number of ether oxygens (including phenoxy) is 3. The second-order valence-electron chi connectivity index (χ2n) is 6.45. The van der Waals surface area contributed by atoms with Crippen LogP contribution >= 0.6 is 0 Å². The summed E-state index contributed by atoms with van der Waals surface area (Å²) >= 11 is 0. The molecule has 0 radical (unpaired) electrons. The van der Waals surface area contributed by atoms with Gasteiger partial charge in [-0.05, 0) is 56.2 Å². The summed E-state index contributed by atoms with van der Waals surface area (Å²) in [6, 6.07) is 12.4. The number of hydrogen-bond donors (Lipinski definition) is 1. The van der Waals surface area contributed by atoms with E-state index in [1.807, 2.05) is 32.0 Å². The molecule has 0 atom stereocenters. The van der Waals surface area contributed by atoms with Gasteiger partial charge in [-0.25, -0.2) is 4.79 Å². The molecule has 0 aliphatic carbocycles. The number of anilines is 1. The Morgan fingerprint density at radius 1 is 1.13 bits per heavy atom. The third-order valence-electron chi connectivity index (χ3n) is 4.14. The molecule has 0 spiro atoms. The quantitative estimate of drug-likeness (QED) is 0.405. The normalized spacial score (nSPS) is 10.7. The van der Waals surface area contributed by atoms with Gasteiger partial charge in [-0.3, -0.25) is 4.79 Å². The van der Waals surface area contributed by atoms with Crippen molar-refractivity contribution in [3.05, 3.63) is 58.7 Å². The van der Waals surface area contributed by atoms with E-state index in [0.29, 0.717) is 22.7 Å². The molecule has 1 N–H and O–H groups in total. The van der Waals surface area contributed by atoms with Crippen molar-refractivity contribution >= 4 is 23.6 Å². The zero-order valence-electron chi connectivity index (χ0n) is 17.4. The van der Waals surface area contributed by atoms with Crippen LogP contribution in [0.15, 0.2) is 42.0 Å². The molecule has 0 heterocycles. The Kier molecular flexibility index (Phi) is 8.00. The van der Waals surface area contributed by atoms with Crippen LogP contribution in [0.4, 0.5) is 5.69 Å². The predicted molar refractivity (Wildman–Crippen MR) is 113 cm³/mol. The van der Waals surface area contributed by atoms with Crippen LogP contribution in [0, 0.1) is 25.2 Å². The second-order valence-corrected chi connectivity index (χ2v) is 6.45. The van der Waals surface area contributed by atoms with E-state index in [-0.39, 0.29) is 18.8 Å². The van der Waals surface area contributed by atoms with Crippen molar-refractivity contribution < 1.29 is 23.8 Å². The molecule has 156 valence electrons. The van der Waals surface area contributed by atoms with Gasteiger partial charge in [0.25, 0.3) is 5.91 Å². The number of nitriles is 1. The fourth-order valence-corrected chi connectivity index (χ4v) is 2.69. The SMILES string of the molecule is CCOC(=O)COc1cc(/C=C(/C#N)C(=O)Nc2ccc(C)cc2C)ccc1OC. The van der Waals surface area contributed by atoms with E-state index >= 15 is 0 Å². The molecule has 2 rings (SSSR count). The molecule has 0 aromatic heterocycles. The fourth-order valence-electron chi connectivity index (χ4n) is 2.69. The summed E-state index contributed by atoms with van der Waals surface area (Å²) in [7, 11) is 1.47. The molecule has 2 aromatic rings. The Balaban J connectivity index is 2.23. The smallest absolute Gasteiger partial charge is 0.344 e. The minimum atomic E-state index is -0.519. The highest BCUT2D eigenvalue weighted by Gasteiger charge is 2.13. The van der Waals surface area contributed by atoms with Crippen LogP contribution in [0.2, 0.25) is 0 Å². The van der Waals surface area contributed by atoms with Gasteiger partial charge in [0.1, 0.15) is 11.6 Å². The molecule has 0 fully saturated rings. The molecule has 0 unspecified atom stereocenters. The Hall–Kier alpha value is -3.79. The molecular weight excluding hydrogens is 384 g/mol. The van der Waals surface area contributed by atoms with E-state index in [4.69, 9.17) is 14.2 Å². The molecular formula is C23H24N2O5. The highest BCUT2D eigenvalue weighted by Crippen LogP contribution is 2.29. The average molecular weight is 408 g/mol. The highest BCUT2D eigenvalue weighted by molar-refractivity contribution is 6.10. The molecule has 0 saturated carbocycles. The largest absolute Gasteiger partial charge is 0.493 e. The van der Waals surface area contributed by atoms with Gasteiger partial charge < -0.3 is 19.5 Å². The third kappa shape index (κ3) is 6.11. The lowest BCUT2D eigenvalue weighted by atomic mass is 10.1. The lowest BCUT2D eigenvalue weighted by Gasteiger charge is -2.11. The Morgan fingerprint density at radius 2 is 1.90 bits per heavy atom.